The minimum atomic E-state index is -0.878. The molecule has 0 aliphatic heterocycles. The van der Waals surface area contributed by atoms with Gasteiger partial charge in [0.25, 0.3) is 5.91 Å². The minimum Gasteiger partial charge on any atom is -0.388 e. The van der Waals surface area contributed by atoms with Crippen molar-refractivity contribution in [3.8, 4) is 6.07 Å². The van der Waals surface area contributed by atoms with E-state index >= 15 is 0 Å². The first-order chi connectivity index (χ1) is 8.56. The zero-order valence-electron chi connectivity index (χ0n) is 10.7. The smallest absolute Gasteiger partial charge is 0.252 e. The van der Waals surface area contributed by atoms with Crippen LogP contribution in [0, 0.1) is 11.3 Å². The molecule has 0 saturated heterocycles. The number of nitriles is 1. The Morgan fingerprint density at radius 2 is 2.00 bits per heavy atom. The van der Waals surface area contributed by atoms with E-state index in [0.29, 0.717) is 24.0 Å². The van der Waals surface area contributed by atoms with Gasteiger partial charge >= 0.3 is 0 Å². The second-order valence-electron chi connectivity index (χ2n) is 4.27. The number of carbonyl (C=O) groups excluding carboxylic acids is 1. The molecule has 1 amide bonds. The topological polar surface area (TPSA) is 73.1 Å². The highest BCUT2D eigenvalue weighted by Gasteiger charge is 2.23. The Bertz CT molecular complexity index is 459. The number of hydrogen-bond donors (Lipinski definition) is 2. The van der Waals surface area contributed by atoms with Crippen LogP contribution in [0.5, 0.6) is 0 Å². The van der Waals surface area contributed by atoms with E-state index in [-0.39, 0.29) is 12.5 Å². The summed E-state index contributed by atoms with van der Waals surface area (Å²) in [5.41, 5.74) is -0.196. The molecule has 0 fully saturated rings. The minimum absolute atomic E-state index is 0.193. The molecule has 1 aromatic carbocycles. The molecule has 2 N–H and O–H groups in total. The van der Waals surface area contributed by atoms with Crippen molar-refractivity contribution in [2.24, 2.45) is 0 Å². The third-order valence-electron chi connectivity index (χ3n) is 3.19. The van der Waals surface area contributed by atoms with Crippen molar-refractivity contribution in [1.82, 2.24) is 5.32 Å². The van der Waals surface area contributed by atoms with Gasteiger partial charge in [-0.3, -0.25) is 4.79 Å². The molecule has 0 aliphatic rings. The van der Waals surface area contributed by atoms with Gasteiger partial charge in [0.05, 0.1) is 22.8 Å². The fourth-order valence-corrected chi connectivity index (χ4v) is 1.62. The number of carbonyl (C=O) groups is 1. The van der Waals surface area contributed by atoms with E-state index in [0.717, 1.165) is 0 Å². The van der Waals surface area contributed by atoms with Crippen LogP contribution in [0.4, 0.5) is 0 Å². The van der Waals surface area contributed by atoms with Crippen molar-refractivity contribution in [2.75, 3.05) is 6.54 Å². The standard InChI is InChI=1S/C14H18N2O2/c1-3-14(18,4-2)10-16-13(17)12-8-6-5-7-11(12)9-15/h5-8,18H,3-4,10H2,1-2H3,(H,16,17). The monoisotopic (exact) mass is 246 g/mol. The molecule has 0 aromatic heterocycles. The molecular weight excluding hydrogens is 228 g/mol. The number of rotatable bonds is 5. The summed E-state index contributed by atoms with van der Waals surface area (Å²) in [5.74, 6) is -0.326. The van der Waals surface area contributed by atoms with Crippen LogP contribution in [0.25, 0.3) is 0 Å². The second-order valence-corrected chi connectivity index (χ2v) is 4.27. The largest absolute Gasteiger partial charge is 0.388 e. The van der Waals surface area contributed by atoms with Gasteiger partial charge in [-0.1, -0.05) is 26.0 Å². The van der Waals surface area contributed by atoms with Gasteiger partial charge in [-0.2, -0.15) is 5.26 Å². The number of nitrogens with zero attached hydrogens (tertiary/aromatic N) is 1. The maximum Gasteiger partial charge on any atom is 0.252 e. The Morgan fingerprint density at radius 1 is 1.39 bits per heavy atom. The van der Waals surface area contributed by atoms with Gasteiger partial charge in [0, 0.05) is 6.54 Å². The van der Waals surface area contributed by atoms with E-state index in [1.807, 2.05) is 19.9 Å². The number of benzene rings is 1. The summed E-state index contributed by atoms with van der Waals surface area (Å²) < 4.78 is 0. The molecule has 0 heterocycles. The fraction of sp³-hybridized carbons (Fsp3) is 0.429. The SMILES string of the molecule is CCC(O)(CC)CNC(=O)c1ccccc1C#N. The van der Waals surface area contributed by atoms with Crippen LogP contribution < -0.4 is 5.32 Å². The highest BCUT2D eigenvalue weighted by Crippen LogP contribution is 2.14. The molecule has 0 unspecified atom stereocenters. The first-order valence-electron chi connectivity index (χ1n) is 6.06. The van der Waals surface area contributed by atoms with E-state index in [2.05, 4.69) is 5.32 Å². The Labute approximate surface area is 107 Å². The van der Waals surface area contributed by atoms with Crippen molar-refractivity contribution in [3.05, 3.63) is 35.4 Å². The molecule has 0 radical (unpaired) electrons. The third-order valence-corrected chi connectivity index (χ3v) is 3.19. The Morgan fingerprint density at radius 3 is 2.56 bits per heavy atom. The summed E-state index contributed by atoms with van der Waals surface area (Å²) in [6.45, 7) is 3.94. The van der Waals surface area contributed by atoms with Gasteiger partial charge in [0.2, 0.25) is 0 Å². The lowest BCUT2D eigenvalue weighted by atomic mass is 9.97. The second kappa shape index (κ2) is 6.18. The van der Waals surface area contributed by atoms with Gasteiger partial charge in [-0.15, -0.1) is 0 Å². The number of nitrogens with one attached hydrogen (secondary N) is 1. The van der Waals surface area contributed by atoms with Gasteiger partial charge in [-0.05, 0) is 25.0 Å². The van der Waals surface area contributed by atoms with Crippen LogP contribution in [0.3, 0.4) is 0 Å². The third kappa shape index (κ3) is 3.31. The molecule has 96 valence electrons. The van der Waals surface area contributed by atoms with Crippen LogP contribution in [-0.4, -0.2) is 23.2 Å². The Kier molecular flexibility index (Phi) is 4.87. The first kappa shape index (κ1) is 14.2. The van der Waals surface area contributed by atoms with Gasteiger partial charge in [0.1, 0.15) is 0 Å². The molecule has 18 heavy (non-hydrogen) atoms. The Hall–Kier alpha value is -1.86. The summed E-state index contributed by atoms with van der Waals surface area (Å²) in [4.78, 5) is 11.9. The van der Waals surface area contributed by atoms with E-state index in [1.165, 1.54) is 0 Å². The van der Waals surface area contributed by atoms with Gasteiger partial charge in [0.15, 0.2) is 0 Å². The highest BCUT2D eigenvalue weighted by molar-refractivity contribution is 5.96. The lowest BCUT2D eigenvalue weighted by molar-refractivity contribution is 0.0314. The van der Waals surface area contributed by atoms with Crippen molar-refractivity contribution < 1.29 is 9.90 Å². The van der Waals surface area contributed by atoms with Crippen LogP contribution in [0.2, 0.25) is 0 Å². The molecular formula is C14H18N2O2. The average Bonchev–Trinajstić information content (AvgIpc) is 2.44. The van der Waals surface area contributed by atoms with E-state index in [4.69, 9.17) is 5.26 Å². The Balaban J connectivity index is 2.75. The van der Waals surface area contributed by atoms with E-state index in [1.54, 1.807) is 24.3 Å². The lowest BCUT2D eigenvalue weighted by Gasteiger charge is -2.25. The molecule has 1 aromatic rings. The van der Waals surface area contributed by atoms with Crippen LogP contribution in [-0.2, 0) is 0 Å². The molecule has 0 atom stereocenters. The zero-order valence-corrected chi connectivity index (χ0v) is 10.7. The van der Waals surface area contributed by atoms with Crippen LogP contribution >= 0.6 is 0 Å². The molecule has 0 saturated carbocycles. The lowest BCUT2D eigenvalue weighted by Crippen LogP contribution is -2.42. The molecule has 0 bridgehead atoms. The first-order valence-corrected chi connectivity index (χ1v) is 6.06. The van der Waals surface area contributed by atoms with E-state index < -0.39 is 5.60 Å². The number of amides is 1. The summed E-state index contributed by atoms with van der Waals surface area (Å²) in [6.07, 6.45) is 1.15. The maximum absolute atomic E-state index is 11.9. The van der Waals surface area contributed by atoms with Crippen molar-refractivity contribution in [2.45, 2.75) is 32.3 Å². The van der Waals surface area contributed by atoms with Crippen molar-refractivity contribution >= 4 is 5.91 Å². The summed E-state index contributed by atoms with van der Waals surface area (Å²) >= 11 is 0. The molecule has 4 nitrogen and oxygen atoms in total. The van der Waals surface area contributed by atoms with Crippen molar-refractivity contribution in [3.63, 3.8) is 0 Å². The quantitative estimate of drug-likeness (QED) is 0.832. The van der Waals surface area contributed by atoms with Gasteiger partial charge < -0.3 is 10.4 Å². The molecule has 0 spiro atoms. The molecule has 4 heteroatoms. The predicted octanol–water partition coefficient (Wildman–Crippen LogP) is 1.84. The van der Waals surface area contributed by atoms with Gasteiger partial charge in [-0.25, -0.2) is 0 Å². The average molecular weight is 246 g/mol. The molecule has 1 rings (SSSR count). The molecule has 0 aliphatic carbocycles. The fourth-order valence-electron chi connectivity index (χ4n) is 1.62. The summed E-state index contributed by atoms with van der Waals surface area (Å²) in [6, 6.07) is 8.60. The van der Waals surface area contributed by atoms with E-state index in [9.17, 15) is 9.90 Å². The van der Waals surface area contributed by atoms with Crippen molar-refractivity contribution in [1.29, 1.82) is 5.26 Å². The maximum atomic E-state index is 11.9. The summed E-state index contributed by atoms with van der Waals surface area (Å²) in [7, 11) is 0. The number of aliphatic hydroxyl groups is 1. The highest BCUT2D eigenvalue weighted by atomic mass is 16.3. The predicted molar refractivity (Wildman–Crippen MR) is 69.0 cm³/mol. The zero-order chi connectivity index (χ0) is 13.6. The normalized spacial score (nSPS) is 10.8. The van der Waals surface area contributed by atoms with Crippen LogP contribution in [0.15, 0.2) is 24.3 Å². The van der Waals surface area contributed by atoms with Crippen LogP contribution in [0.1, 0.15) is 42.6 Å². The number of hydrogen-bond acceptors (Lipinski definition) is 3. The summed E-state index contributed by atoms with van der Waals surface area (Å²) in [5, 5.41) is 21.7.